The van der Waals surface area contributed by atoms with E-state index in [2.05, 4.69) is 20.2 Å². The molecule has 1 fully saturated rings. The van der Waals surface area contributed by atoms with Crippen LogP contribution in [-0.4, -0.2) is 48.8 Å². The van der Waals surface area contributed by atoms with Gasteiger partial charge in [0.15, 0.2) is 12.4 Å². The minimum atomic E-state index is -0.0238. The van der Waals surface area contributed by atoms with Gasteiger partial charge in [0.05, 0.1) is 6.20 Å². The van der Waals surface area contributed by atoms with Gasteiger partial charge >= 0.3 is 0 Å². The van der Waals surface area contributed by atoms with Crippen LogP contribution in [0.25, 0.3) is 0 Å². The first-order valence-electron chi connectivity index (χ1n) is 9.41. The molecule has 9 nitrogen and oxygen atoms in total. The number of carbonyl (C=O) groups excluding carboxylic acids is 1. The normalized spacial score (nSPS) is 15.0. The number of aromatic nitrogens is 5. The molecule has 0 atom stereocenters. The lowest BCUT2D eigenvalue weighted by Crippen LogP contribution is -2.38. The van der Waals surface area contributed by atoms with Crippen molar-refractivity contribution in [2.45, 2.75) is 38.8 Å². The summed E-state index contributed by atoms with van der Waals surface area (Å²) in [7, 11) is 0. The van der Waals surface area contributed by atoms with E-state index >= 15 is 0 Å². The first-order valence-corrected chi connectivity index (χ1v) is 9.41. The van der Waals surface area contributed by atoms with Gasteiger partial charge in [0.1, 0.15) is 11.4 Å². The molecule has 1 amide bonds. The van der Waals surface area contributed by atoms with Crippen LogP contribution < -0.4 is 4.74 Å². The highest BCUT2D eigenvalue weighted by Crippen LogP contribution is 2.26. The zero-order valence-electron chi connectivity index (χ0n) is 15.7. The molecule has 1 aliphatic heterocycles. The zero-order valence-corrected chi connectivity index (χ0v) is 15.7. The highest BCUT2D eigenvalue weighted by atomic mass is 16.5. The fourth-order valence-electron chi connectivity index (χ4n) is 3.22. The summed E-state index contributed by atoms with van der Waals surface area (Å²) in [6.45, 7) is 4.25. The van der Waals surface area contributed by atoms with E-state index in [1.807, 2.05) is 24.1 Å². The second-order valence-electron chi connectivity index (χ2n) is 6.65. The second-order valence-corrected chi connectivity index (χ2v) is 6.65. The number of likely N-dealkylation sites (tertiary alicyclic amines) is 1. The van der Waals surface area contributed by atoms with E-state index in [0.29, 0.717) is 36.2 Å². The second kappa shape index (κ2) is 8.20. The van der Waals surface area contributed by atoms with Crippen LogP contribution in [0, 0.1) is 0 Å². The first kappa shape index (κ1) is 18.1. The van der Waals surface area contributed by atoms with Crippen molar-refractivity contribution in [3.05, 3.63) is 54.2 Å². The molecule has 4 rings (SSSR count). The lowest BCUT2D eigenvalue weighted by Gasteiger charge is -2.30. The Labute approximate surface area is 162 Å². The third kappa shape index (κ3) is 4.03. The SMILES string of the molecule is CCn1ccc(C(=O)N2CCC(c3noc(COc4cccnc4)n3)CC2)n1. The van der Waals surface area contributed by atoms with Crippen molar-refractivity contribution in [2.24, 2.45) is 0 Å². The van der Waals surface area contributed by atoms with Crippen molar-refractivity contribution >= 4 is 5.91 Å². The van der Waals surface area contributed by atoms with Crippen LogP contribution in [0.3, 0.4) is 0 Å². The lowest BCUT2D eigenvalue weighted by molar-refractivity contribution is 0.0703. The van der Waals surface area contributed by atoms with Gasteiger partial charge in [-0.3, -0.25) is 14.5 Å². The Hall–Kier alpha value is -3.23. The van der Waals surface area contributed by atoms with Crippen molar-refractivity contribution in [1.82, 2.24) is 29.8 Å². The summed E-state index contributed by atoms with van der Waals surface area (Å²) in [5.41, 5.74) is 0.495. The summed E-state index contributed by atoms with van der Waals surface area (Å²) in [5.74, 6) is 1.91. The van der Waals surface area contributed by atoms with Crippen LogP contribution in [0.5, 0.6) is 5.75 Å². The van der Waals surface area contributed by atoms with E-state index in [9.17, 15) is 4.79 Å². The molecule has 0 radical (unpaired) electrons. The molecule has 4 heterocycles. The number of aryl methyl sites for hydroxylation is 1. The first-order chi connectivity index (χ1) is 13.7. The summed E-state index contributed by atoms with van der Waals surface area (Å²) >= 11 is 0. The maximum atomic E-state index is 12.6. The van der Waals surface area contributed by atoms with Gasteiger partial charge in [0, 0.05) is 37.9 Å². The molecule has 3 aromatic rings. The van der Waals surface area contributed by atoms with Crippen LogP contribution in [-0.2, 0) is 13.2 Å². The van der Waals surface area contributed by atoms with Gasteiger partial charge in [0.25, 0.3) is 11.8 Å². The summed E-state index contributed by atoms with van der Waals surface area (Å²) in [4.78, 5) is 22.9. The van der Waals surface area contributed by atoms with E-state index in [1.165, 1.54) is 0 Å². The molecule has 1 saturated heterocycles. The Morgan fingerprint density at radius 2 is 2.18 bits per heavy atom. The van der Waals surface area contributed by atoms with Crippen molar-refractivity contribution in [2.75, 3.05) is 13.1 Å². The summed E-state index contributed by atoms with van der Waals surface area (Å²) < 4.78 is 12.6. The Morgan fingerprint density at radius 3 is 2.89 bits per heavy atom. The minimum absolute atomic E-state index is 0.0238. The third-order valence-corrected chi connectivity index (χ3v) is 4.81. The zero-order chi connectivity index (χ0) is 19.3. The molecule has 0 saturated carbocycles. The van der Waals surface area contributed by atoms with Crippen molar-refractivity contribution in [3.63, 3.8) is 0 Å². The largest absolute Gasteiger partial charge is 0.482 e. The molecule has 0 spiro atoms. The predicted molar refractivity (Wildman–Crippen MR) is 98.6 cm³/mol. The molecule has 146 valence electrons. The molecule has 0 unspecified atom stereocenters. The van der Waals surface area contributed by atoms with Crippen LogP contribution in [0.1, 0.15) is 47.9 Å². The molecule has 28 heavy (non-hydrogen) atoms. The summed E-state index contributed by atoms with van der Waals surface area (Å²) in [5, 5.41) is 8.39. The topological polar surface area (TPSA) is 99.2 Å². The van der Waals surface area contributed by atoms with E-state index < -0.39 is 0 Å². The molecular formula is C19H22N6O3. The van der Waals surface area contributed by atoms with Crippen LogP contribution >= 0.6 is 0 Å². The molecule has 0 aromatic carbocycles. The van der Waals surface area contributed by atoms with Crippen LogP contribution in [0.15, 0.2) is 41.3 Å². The Morgan fingerprint density at radius 1 is 1.32 bits per heavy atom. The number of hydrogen-bond donors (Lipinski definition) is 0. The van der Waals surface area contributed by atoms with E-state index in [4.69, 9.17) is 9.26 Å². The van der Waals surface area contributed by atoms with Gasteiger partial charge < -0.3 is 14.2 Å². The van der Waals surface area contributed by atoms with Crippen LogP contribution in [0.4, 0.5) is 0 Å². The highest BCUT2D eigenvalue weighted by molar-refractivity contribution is 5.92. The Balaban J connectivity index is 1.30. The molecule has 0 N–H and O–H groups in total. The Bertz CT molecular complexity index is 915. The van der Waals surface area contributed by atoms with E-state index in [1.54, 1.807) is 29.2 Å². The molecule has 1 aliphatic rings. The van der Waals surface area contributed by atoms with Crippen molar-refractivity contribution < 1.29 is 14.1 Å². The van der Waals surface area contributed by atoms with Crippen molar-refractivity contribution in [1.29, 1.82) is 0 Å². The van der Waals surface area contributed by atoms with Gasteiger partial charge in [-0.15, -0.1) is 0 Å². The van der Waals surface area contributed by atoms with Gasteiger partial charge in [-0.25, -0.2) is 0 Å². The van der Waals surface area contributed by atoms with Gasteiger partial charge in [0.2, 0.25) is 0 Å². The summed E-state index contributed by atoms with van der Waals surface area (Å²) in [6.07, 6.45) is 6.73. The lowest BCUT2D eigenvalue weighted by atomic mass is 9.96. The fraction of sp³-hybridized carbons (Fsp3) is 0.421. The number of hydrogen-bond acceptors (Lipinski definition) is 7. The molecular weight excluding hydrogens is 360 g/mol. The number of carbonyl (C=O) groups is 1. The maximum absolute atomic E-state index is 12.6. The van der Waals surface area contributed by atoms with Gasteiger partial charge in [-0.1, -0.05) is 5.16 Å². The van der Waals surface area contributed by atoms with Crippen molar-refractivity contribution in [3.8, 4) is 5.75 Å². The standard InChI is InChI=1S/C19H22N6O3/c1-2-25-11-7-16(22-25)19(26)24-9-5-14(6-10-24)18-21-17(28-23-18)13-27-15-4-3-8-20-12-15/h3-4,7-8,11-12,14H,2,5-6,9-10,13H2,1H3. The average Bonchev–Trinajstić information content (AvgIpc) is 3.42. The number of ether oxygens (including phenoxy) is 1. The Kier molecular flexibility index (Phi) is 5.31. The number of nitrogens with zero attached hydrogens (tertiary/aromatic N) is 6. The van der Waals surface area contributed by atoms with Crippen LogP contribution in [0.2, 0.25) is 0 Å². The monoisotopic (exact) mass is 382 g/mol. The highest BCUT2D eigenvalue weighted by Gasteiger charge is 2.28. The maximum Gasteiger partial charge on any atom is 0.274 e. The molecule has 0 bridgehead atoms. The number of rotatable bonds is 6. The number of amides is 1. The molecule has 9 heteroatoms. The number of piperidine rings is 1. The van der Waals surface area contributed by atoms with Gasteiger partial charge in [-0.2, -0.15) is 10.1 Å². The molecule has 3 aromatic heterocycles. The van der Waals surface area contributed by atoms with Gasteiger partial charge in [-0.05, 0) is 38.0 Å². The third-order valence-electron chi connectivity index (χ3n) is 4.81. The quantitative estimate of drug-likeness (QED) is 0.645. The van der Waals surface area contributed by atoms with E-state index in [0.717, 1.165) is 19.4 Å². The molecule has 0 aliphatic carbocycles. The predicted octanol–water partition coefficient (Wildman–Crippen LogP) is 2.28. The fourth-order valence-corrected chi connectivity index (χ4v) is 3.22. The van der Waals surface area contributed by atoms with E-state index in [-0.39, 0.29) is 18.4 Å². The average molecular weight is 382 g/mol. The summed E-state index contributed by atoms with van der Waals surface area (Å²) in [6, 6.07) is 5.39. The minimum Gasteiger partial charge on any atom is -0.482 e. The number of pyridine rings is 1. The smallest absolute Gasteiger partial charge is 0.274 e.